The van der Waals surface area contributed by atoms with Gasteiger partial charge in [-0.1, -0.05) is 33.8 Å². The van der Waals surface area contributed by atoms with E-state index in [0.29, 0.717) is 0 Å². The van der Waals surface area contributed by atoms with Gasteiger partial charge in [0.1, 0.15) is 0 Å². The molecule has 2 aromatic heterocycles. The molecule has 2 aromatic carbocycles. The van der Waals surface area contributed by atoms with E-state index in [0.717, 1.165) is 16.6 Å². The molecular weight excluding hydrogens is 484 g/mol. The Balaban J connectivity index is 0.00000157. The molecule has 0 saturated heterocycles. The molecule has 0 fully saturated rings. The van der Waals surface area contributed by atoms with Crippen molar-refractivity contribution in [2.75, 3.05) is 0 Å². The van der Waals surface area contributed by atoms with Gasteiger partial charge in [-0.2, -0.15) is 0 Å². The molecule has 129 valence electrons. The van der Waals surface area contributed by atoms with Crippen LogP contribution in [0.2, 0.25) is 0 Å². The maximum atomic E-state index is 4.97. The summed E-state index contributed by atoms with van der Waals surface area (Å²) < 4.78 is 2.22. The number of hydrogen-bond donors (Lipinski definition) is 0. The van der Waals surface area contributed by atoms with Gasteiger partial charge in [-0.25, -0.2) is 0 Å². The van der Waals surface area contributed by atoms with Crippen molar-refractivity contribution in [1.29, 1.82) is 0 Å². The molecule has 5 rings (SSSR count). The minimum atomic E-state index is 0. The number of imidazole rings is 1. The van der Waals surface area contributed by atoms with Gasteiger partial charge in [-0.05, 0) is 46.7 Å². The largest absolute Gasteiger partial charge is 0.341 e. The molecule has 1 aliphatic rings. The number of nitrogens with zero attached hydrogens (tertiary/aromatic N) is 2. The van der Waals surface area contributed by atoms with Crippen molar-refractivity contribution in [3.8, 4) is 0 Å². The Bertz CT molecular complexity index is 1140. The zero-order valence-electron chi connectivity index (χ0n) is 15.0. The van der Waals surface area contributed by atoms with Gasteiger partial charge in [0, 0.05) is 20.1 Å². The number of rotatable bonds is 0. The zero-order chi connectivity index (χ0) is 16.7. The van der Waals surface area contributed by atoms with Gasteiger partial charge in [0.2, 0.25) is 0 Å². The summed E-state index contributed by atoms with van der Waals surface area (Å²) in [5.41, 5.74) is 6.63. The average Bonchev–Trinajstić information content (AvgIpc) is 2.98. The topological polar surface area (TPSA) is 17.3 Å². The van der Waals surface area contributed by atoms with Crippen LogP contribution in [0.1, 0.15) is 45.2 Å². The molecule has 0 unspecified atom stereocenters. The second kappa shape index (κ2) is 5.16. The summed E-state index contributed by atoms with van der Waals surface area (Å²) in [6.07, 6.45) is 3.32. The van der Waals surface area contributed by atoms with Crippen molar-refractivity contribution in [3.05, 3.63) is 59.8 Å². The van der Waals surface area contributed by atoms with E-state index in [4.69, 9.17) is 4.98 Å². The Labute approximate surface area is 161 Å². The molecule has 2 heterocycles. The summed E-state index contributed by atoms with van der Waals surface area (Å²) in [4.78, 5) is 4.97. The second-order valence-electron chi connectivity index (χ2n) is 8.45. The summed E-state index contributed by atoms with van der Waals surface area (Å²) in [7, 11) is 0. The molecule has 0 amide bonds. The molecule has 2 nitrogen and oxygen atoms in total. The third-order valence-electron chi connectivity index (χ3n) is 5.69. The van der Waals surface area contributed by atoms with Gasteiger partial charge < -0.3 is 4.40 Å². The van der Waals surface area contributed by atoms with E-state index in [2.05, 4.69) is 68.6 Å². The van der Waals surface area contributed by atoms with Crippen LogP contribution in [0.3, 0.4) is 0 Å². The molecule has 0 aliphatic heterocycles. The van der Waals surface area contributed by atoms with Crippen molar-refractivity contribution < 1.29 is 20.1 Å². The normalized spacial score (nSPS) is 17.8. The number of fused-ring (bicyclic) bond motifs is 6. The van der Waals surface area contributed by atoms with Crippen molar-refractivity contribution in [2.24, 2.45) is 0 Å². The Kier molecular flexibility index (Phi) is 3.45. The number of hydrogen-bond acceptors (Lipinski definition) is 1. The van der Waals surface area contributed by atoms with Crippen LogP contribution in [0, 0.1) is 6.07 Å². The van der Waals surface area contributed by atoms with E-state index in [9.17, 15) is 0 Å². The van der Waals surface area contributed by atoms with Crippen LogP contribution >= 0.6 is 0 Å². The molecule has 0 saturated carbocycles. The van der Waals surface area contributed by atoms with Crippen LogP contribution < -0.4 is 0 Å². The zero-order valence-corrected chi connectivity index (χ0v) is 17.4. The molecule has 0 bridgehead atoms. The van der Waals surface area contributed by atoms with Gasteiger partial charge in [-0.3, -0.25) is 4.98 Å². The summed E-state index contributed by atoms with van der Waals surface area (Å²) in [5.74, 6) is 0. The minimum absolute atomic E-state index is 0. The SMILES string of the molecule is CC1(C)CC(C)(C)c2cc3c(cc21)nc1c2[c-]cccc2ccn31.[Ir]. The Morgan fingerprint density at radius 3 is 2.52 bits per heavy atom. The smallest absolute Gasteiger partial charge is 0.0777 e. The summed E-state index contributed by atoms with van der Waals surface area (Å²) in [6, 6.07) is 16.3. The average molecular weight is 506 g/mol. The fourth-order valence-electron chi connectivity index (χ4n) is 4.82. The van der Waals surface area contributed by atoms with E-state index < -0.39 is 0 Å². The molecule has 1 radical (unpaired) electrons. The van der Waals surface area contributed by atoms with Crippen molar-refractivity contribution >= 4 is 27.5 Å². The number of pyridine rings is 1. The van der Waals surface area contributed by atoms with E-state index in [-0.39, 0.29) is 30.9 Å². The van der Waals surface area contributed by atoms with E-state index >= 15 is 0 Å². The monoisotopic (exact) mass is 506 g/mol. The molecule has 3 heteroatoms. The Morgan fingerprint density at radius 1 is 1.04 bits per heavy atom. The molecule has 0 N–H and O–H groups in total. The second-order valence-corrected chi connectivity index (χ2v) is 8.45. The third kappa shape index (κ3) is 2.22. The number of benzene rings is 2. The maximum absolute atomic E-state index is 4.97. The predicted octanol–water partition coefficient (Wildman–Crippen LogP) is 5.40. The van der Waals surface area contributed by atoms with E-state index in [1.807, 2.05) is 12.1 Å². The Hall–Kier alpha value is -1.70. The van der Waals surface area contributed by atoms with Gasteiger partial charge >= 0.3 is 0 Å². The van der Waals surface area contributed by atoms with Gasteiger partial charge in [0.05, 0.1) is 16.7 Å². The first-order valence-electron chi connectivity index (χ1n) is 8.63. The standard InChI is InChI=1S/C22H21N2.Ir/c1-21(2)13-22(3,4)17-12-19-18(11-16(17)21)23-20-15-8-6-5-7-14(15)9-10-24(19)20;/h5-7,9-12H,13H2,1-4H3;/q-1;. The molecule has 0 spiro atoms. The fraction of sp³-hybridized carbons (Fsp3) is 0.318. The van der Waals surface area contributed by atoms with Gasteiger partial charge in [0.25, 0.3) is 0 Å². The van der Waals surface area contributed by atoms with Crippen LogP contribution in [0.15, 0.2) is 42.6 Å². The first-order chi connectivity index (χ1) is 11.4. The number of aromatic nitrogens is 2. The predicted molar refractivity (Wildman–Crippen MR) is 99.7 cm³/mol. The van der Waals surface area contributed by atoms with Crippen molar-refractivity contribution in [1.82, 2.24) is 9.38 Å². The molecule has 0 atom stereocenters. The van der Waals surface area contributed by atoms with Crippen molar-refractivity contribution in [3.63, 3.8) is 0 Å². The molecular formula is C22H21IrN2-. The van der Waals surface area contributed by atoms with Gasteiger partial charge in [-0.15, -0.1) is 35.0 Å². The third-order valence-corrected chi connectivity index (χ3v) is 5.69. The molecule has 25 heavy (non-hydrogen) atoms. The van der Waals surface area contributed by atoms with Crippen molar-refractivity contribution in [2.45, 2.75) is 44.9 Å². The summed E-state index contributed by atoms with van der Waals surface area (Å²) >= 11 is 0. The van der Waals surface area contributed by atoms with Crippen LogP contribution in [0.25, 0.3) is 27.5 Å². The quantitative estimate of drug-likeness (QED) is 0.293. The van der Waals surface area contributed by atoms with Crippen LogP contribution in [-0.2, 0) is 30.9 Å². The van der Waals surface area contributed by atoms with Gasteiger partial charge in [0.15, 0.2) is 0 Å². The van der Waals surface area contributed by atoms with Crippen LogP contribution in [0.5, 0.6) is 0 Å². The van der Waals surface area contributed by atoms with E-state index in [1.54, 1.807) is 0 Å². The first-order valence-corrected chi connectivity index (χ1v) is 8.63. The molecule has 1 aliphatic carbocycles. The fourth-order valence-corrected chi connectivity index (χ4v) is 4.82. The summed E-state index contributed by atoms with van der Waals surface area (Å²) in [5, 5.41) is 2.28. The minimum Gasteiger partial charge on any atom is -0.341 e. The van der Waals surface area contributed by atoms with E-state index in [1.165, 1.54) is 28.5 Å². The van der Waals surface area contributed by atoms with Crippen LogP contribution in [0.4, 0.5) is 0 Å². The first kappa shape index (κ1) is 16.8. The Morgan fingerprint density at radius 2 is 1.76 bits per heavy atom. The summed E-state index contributed by atoms with van der Waals surface area (Å²) in [6.45, 7) is 9.43. The maximum Gasteiger partial charge on any atom is 0.0777 e. The molecule has 4 aromatic rings. The van der Waals surface area contributed by atoms with Crippen LogP contribution in [-0.4, -0.2) is 9.38 Å².